The average Bonchev–Trinajstić information content (AvgIpc) is 3.45. The lowest BCUT2D eigenvalue weighted by atomic mass is 10.1. The highest BCUT2D eigenvalue weighted by molar-refractivity contribution is 5.71. The molecule has 1 atom stereocenters. The molecular weight excluding hydrogens is 973 g/mol. The van der Waals surface area contributed by atoms with Crippen molar-refractivity contribution in [1.82, 2.24) is 0 Å². The van der Waals surface area contributed by atoms with Crippen LogP contribution in [0.5, 0.6) is 0 Å². The van der Waals surface area contributed by atoms with Gasteiger partial charge in [0.25, 0.3) is 0 Å². The molecule has 0 heterocycles. The van der Waals surface area contributed by atoms with Crippen LogP contribution in [0.3, 0.4) is 0 Å². The highest BCUT2D eigenvalue weighted by atomic mass is 16.6. The Morgan fingerprint density at radius 1 is 0.253 bits per heavy atom. The van der Waals surface area contributed by atoms with Gasteiger partial charge < -0.3 is 14.2 Å². The lowest BCUT2D eigenvalue weighted by Crippen LogP contribution is -2.30. The summed E-state index contributed by atoms with van der Waals surface area (Å²) in [6.45, 7) is 6.24. The van der Waals surface area contributed by atoms with E-state index < -0.39 is 6.10 Å². The van der Waals surface area contributed by atoms with Crippen molar-refractivity contribution in [3.63, 3.8) is 0 Å². The van der Waals surface area contributed by atoms with Gasteiger partial charge in [0, 0.05) is 19.3 Å². The first-order chi connectivity index (χ1) is 39.0. The molecule has 442 valence electrons. The summed E-state index contributed by atoms with van der Waals surface area (Å²) in [6, 6.07) is 0. The van der Waals surface area contributed by atoms with Gasteiger partial charge in [0.05, 0.1) is 0 Å². The van der Waals surface area contributed by atoms with E-state index in [0.717, 1.165) is 161 Å². The van der Waals surface area contributed by atoms with E-state index in [2.05, 4.69) is 191 Å². The molecule has 0 N–H and O–H groups in total. The van der Waals surface area contributed by atoms with Crippen molar-refractivity contribution in [2.75, 3.05) is 13.2 Å². The van der Waals surface area contributed by atoms with Gasteiger partial charge in [-0.3, -0.25) is 14.4 Å². The third-order valence-electron chi connectivity index (χ3n) is 12.7. The van der Waals surface area contributed by atoms with Crippen molar-refractivity contribution in [2.24, 2.45) is 0 Å². The predicted molar refractivity (Wildman–Crippen MR) is 343 cm³/mol. The molecule has 6 heteroatoms. The molecule has 0 aliphatic heterocycles. The maximum Gasteiger partial charge on any atom is 0.306 e. The highest BCUT2D eigenvalue weighted by Gasteiger charge is 2.19. The van der Waals surface area contributed by atoms with Crippen molar-refractivity contribution < 1.29 is 28.6 Å². The number of hydrogen-bond acceptors (Lipinski definition) is 6. The fraction of sp³-hybridized carbons (Fsp3) is 0.575. The number of ether oxygens (including phenoxy) is 3. The Kier molecular flexibility index (Phi) is 61.0. The zero-order valence-electron chi connectivity index (χ0n) is 50.6. The van der Waals surface area contributed by atoms with E-state index in [0.29, 0.717) is 25.7 Å². The topological polar surface area (TPSA) is 78.9 Å². The van der Waals surface area contributed by atoms with Crippen LogP contribution in [0.4, 0.5) is 0 Å². The molecule has 0 aliphatic carbocycles. The second-order valence-electron chi connectivity index (χ2n) is 20.2. The number of allylic oxidation sites excluding steroid dienone is 28. The predicted octanol–water partition coefficient (Wildman–Crippen LogP) is 21.9. The van der Waals surface area contributed by atoms with E-state index in [1.54, 1.807) is 0 Å². The molecule has 0 saturated carbocycles. The van der Waals surface area contributed by atoms with Crippen molar-refractivity contribution in [2.45, 2.75) is 258 Å². The van der Waals surface area contributed by atoms with Gasteiger partial charge in [-0.25, -0.2) is 0 Å². The van der Waals surface area contributed by atoms with Gasteiger partial charge in [-0.2, -0.15) is 0 Å². The van der Waals surface area contributed by atoms with Crippen LogP contribution in [0, 0.1) is 0 Å². The Morgan fingerprint density at radius 2 is 0.456 bits per heavy atom. The maximum atomic E-state index is 12.9. The van der Waals surface area contributed by atoms with Gasteiger partial charge in [-0.1, -0.05) is 255 Å². The lowest BCUT2D eigenvalue weighted by Gasteiger charge is -2.18. The number of esters is 3. The minimum atomic E-state index is -0.817. The van der Waals surface area contributed by atoms with Crippen LogP contribution in [0.25, 0.3) is 0 Å². The molecular formula is C73H114O6. The summed E-state index contributed by atoms with van der Waals surface area (Å²) < 4.78 is 16.9. The smallest absolute Gasteiger partial charge is 0.306 e. The first kappa shape index (κ1) is 73.8. The van der Waals surface area contributed by atoms with Crippen molar-refractivity contribution in [1.29, 1.82) is 0 Å². The van der Waals surface area contributed by atoms with Gasteiger partial charge >= 0.3 is 17.9 Å². The Bertz CT molecular complexity index is 1820. The molecule has 0 fully saturated rings. The number of rotatable bonds is 55. The molecule has 1 unspecified atom stereocenters. The lowest BCUT2D eigenvalue weighted by molar-refractivity contribution is -0.167. The number of carbonyl (C=O) groups is 3. The number of unbranched alkanes of at least 4 members (excludes halogenated alkanes) is 16. The van der Waals surface area contributed by atoms with Crippen molar-refractivity contribution in [3.05, 3.63) is 170 Å². The summed E-state index contributed by atoms with van der Waals surface area (Å²) >= 11 is 0. The molecule has 6 nitrogen and oxygen atoms in total. The second kappa shape index (κ2) is 65.3. The van der Waals surface area contributed by atoms with E-state index in [9.17, 15) is 14.4 Å². The van der Waals surface area contributed by atoms with Crippen LogP contribution in [0.1, 0.15) is 252 Å². The largest absolute Gasteiger partial charge is 0.462 e. The minimum Gasteiger partial charge on any atom is -0.462 e. The number of carbonyl (C=O) groups excluding carboxylic acids is 3. The molecule has 0 aromatic rings. The van der Waals surface area contributed by atoms with Crippen molar-refractivity contribution in [3.8, 4) is 0 Å². The molecule has 0 saturated heterocycles. The molecule has 79 heavy (non-hydrogen) atoms. The van der Waals surface area contributed by atoms with Crippen LogP contribution in [-0.2, 0) is 28.6 Å². The van der Waals surface area contributed by atoms with Gasteiger partial charge in [-0.15, -0.1) is 0 Å². The Morgan fingerprint density at radius 3 is 0.734 bits per heavy atom. The molecule has 0 aromatic heterocycles. The monoisotopic (exact) mass is 1090 g/mol. The van der Waals surface area contributed by atoms with Crippen LogP contribution >= 0.6 is 0 Å². The summed E-state index contributed by atoms with van der Waals surface area (Å²) in [5.41, 5.74) is 0. The van der Waals surface area contributed by atoms with Crippen LogP contribution < -0.4 is 0 Å². The van der Waals surface area contributed by atoms with Gasteiger partial charge in [0.15, 0.2) is 6.10 Å². The van der Waals surface area contributed by atoms with Gasteiger partial charge in [0.2, 0.25) is 0 Å². The molecule has 0 aromatic carbocycles. The summed E-state index contributed by atoms with van der Waals surface area (Å²) in [6.07, 6.45) is 96.4. The Balaban J connectivity index is 4.49. The first-order valence-electron chi connectivity index (χ1n) is 31.6. The van der Waals surface area contributed by atoms with E-state index in [-0.39, 0.29) is 31.1 Å². The zero-order chi connectivity index (χ0) is 57.1. The Hall–Kier alpha value is -5.23. The highest BCUT2D eigenvalue weighted by Crippen LogP contribution is 2.14. The molecule has 0 amide bonds. The third kappa shape index (κ3) is 63.5. The van der Waals surface area contributed by atoms with Crippen LogP contribution in [-0.4, -0.2) is 37.2 Å². The van der Waals surface area contributed by atoms with E-state index in [1.165, 1.54) is 44.9 Å². The van der Waals surface area contributed by atoms with Crippen LogP contribution in [0.2, 0.25) is 0 Å². The zero-order valence-corrected chi connectivity index (χ0v) is 50.6. The van der Waals surface area contributed by atoms with E-state index >= 15 is 0 Å². The SMILES string of the molecule is CC/C=C\C/C=C\C/C=C\C/C=C\C/C=C\CCCCCCCCCC(=O)OCC(COC(=O)CCCC/C=C\C/C=C\C/C=C\C/C=C\CC)OC(=O)CCCCCCCCC/C=C\C/C=C\C/C=C\C/C=C\C/C=C\CC. The normalized spacial score (nSPS) is 13.3. The van der Waals surface area contributed by atoms with E-state index in [4.69, 9.17) is 14.2 Å². The van der Waals surface area contributed by atoms with E-state index in [1.807, 2.05) is 0 Å². The second-order valence-corrected chi connectivity index (χ2v) is 20.2. The summed E-state index contributed by atoms with van der Waals surface area (Å²) in [5.74, 6) is -0.979. The van der Waals surface area contributed by atoms with Gasteiger partial charge in [0.1, 0.15) is 13.2 Å². The molecule has 0 radical (unpaired) electrons. The molecule has 0 bridgehead atoms. The average molecular weight is 1090 g/mol. The minimum absolute atomic E-state index is 0.110. The fourth-order valence-corrected chi connectivity index (χ4v) is 8.07. The summed E-state index contributed by atoms with van der Waals surface area (Å²) in [5, 5.41) is 0. The van der Waals surface area contributed by atoms with Crippen molar-refractivity contribution >= 4 is 17.9 Å². The molecule has 0 rings (SSSR count). The number of hydrogen-bond donors (Lipinski definition) is 0. The maximum absolute atomic E-state index is 12.9. The Labute approximate surface area is 485 Å². The molecule has 0 aliphatic rings. The quantitative estimate of drug-likeness (QED) is 0.0261. The first-order valence-corrected chi connectivity index (χ1v) is 31.6. The van der Waals surface area contributed by atoms with Gasteiger partial charge in [-0.05, 0) is 148 Å². The summed E-state index contributed by atoms with van der Waals surface area (Å²) in [7, 11) is 0. The third-order valence-corrected chi connectivity index (χ3v) is 12.7. The van der Waals surface area contributed by atoms with Crippen LogP contribution in [0.15, 0.2) is 170 Å². The molecule has 0 spiro atoms. The summed E-state index contributed by atoms with van der Waals surface area (Å²) in [4.78, 5) is 38.3. The standard InChI is InChI=1S/C73H114O6/c1-4-7-10-13-16-19-22-25-28-30-32-34-36-38-40-42-45-48-51-54-57-60-63-66-72(75)78-69-70(68-77-71(74)65-62-59-56-53-50-47-44-27-24-21-18-15-12-9-6-3)79-73(76)67-64-61-58-55-52-49-46-43-41-39-37-35-33-31-29-26-23-20-17-14-11-8-5-2/h7-12,16-21,25-29,32-35,38-41,44,50,53,70H,4-6,13-15,22-24,30-31,36-37,42-43,45-49,51-52,54-69H2,1-3H3/b10-7-,11-8-,12-9-,19-16-,20-17-,21-18-,28-25-,29-26-,34-32-,35-33-,40-38-,41-39-,44-27-,53-50-. The fourth-order valence-electron chi connectivity index (χ4n) is 8.07.